The maximum Gasteiger partial charge on any atom is 0.253 e. The lowest BCUT2D eigenvalue weighted by Gasteiger charge is -2.31. The topological polar surface area (TPSA) is 84.7 Å². The zero-order valence-corrected chi connectivity index (χ0v) is 13.4. The first kappa shape index (κ1) is 15.8. The maximum atomic E-state index is 12.4. The average molecular weight is 356 g/mol. The second-order valence-electron chi connectivity index (χ2n) is 4.92. The fourth-order valence-electron chi connectivity index (χ4n) is 2.44. The average Bonchev–Trinajstić information content (AvgIpc) is 2.53. The van der Waals surface area contributed by atoms with Crippen molar-refractivity contribution in [3.63, 3.8) is 0 Å². The van der Waals surface area contributed by atoms with Gasteiger partial charge in [-0.05, 0) is 47.0 Å². The van der Waals surface area contributed by atoms with Gasteiger partial charge in [0.1, 0.15) is 5.75 Å². The van der Waals surface area contributed by atoms with Crippen molar-refractivity contribution < 1.29 is 14.3 Å². The molecule has 0 spiro atoms. The second kappa shape index (κ2) is 6.91. The van der Waals surface area contributed by atoms with E-state index in [1.54, 1.807) is 30.2 Å². The van der Waals surface area contributed by atoms with Crippen LogP contribution in [-0.2, 0) is 4.79 Å². The number of nitrogens with one attached hydrogen (secondary N) is 1. The van der Waals surface area contributed by atoms with E-state index in [9.17, 15) is 9.59 Å². The van der Waals surface area contributed by atoms with Crippen molar-refractivity contribution in [1.29, 1.82) is 0 Å². The van der Waals surface area contributed by atoms with Crippen LogP contribution in [0.4, 0.5) is 0 Å². The lowest BCUT2D eigenvalue weighted by Crippen LogP contribution is -2.44. The van der Waals surface area contributed by atoms with Gasteiger partial charge in [-0.25, -0.2) is 5.84 Å². The van der Waals surface area contributed by atoms with E-state index in [1.807, 2.05) is 0 Å². The molecule has 1 aliphatic rings. The highest BCUT2D eigenvalue weighted by Crippen LogP contribution is 2.27. The molecule has 1 saturated heterocycles. The number of hydrogen-bond acceptors (Lipinski definition) is 4. The van der Waals surface area contributed by atoms with Crippen molar-refractivity contribution in [3.05, 3.63) is 28.2 Å². The fraction of sp³-hybridized carbons (Fsp3) is 0.429. The number of benzene rings is 1. The Balaban J connectivity index is 2.02. The van der Waals surface area contributed by atoms with Crippen LogP contribution in [0.1, 0.15) is 23.2 Å². The molecule has 1 heterocycles. The summed E-state index contributed by atoms with van der Waals surface area (Å²) >= 11 is 3.38. The summed E-state index contributed by atoms with van der Waals surface area (Å²) in [7, 11) is 1.58. The number of halogens is 1. The van der Waals surface area contributed by atoms with E-state index < -0.39 is 0 Å². The van der Waals surface area contributed by atoms with Gasteiger partial charge in [0.2, 0.25) is 5.91 Å². The SMILES string of the molecule is COc1ccc(C(=O)N2CCC(C(=O)NN)CC2)cc1Br. The predicted octanol–water partition coefficient (Wildman–Crippen LogP) is 1.30. The third-order valence-electron chi connectivity index (χ3n) is 3.69. The number of ether oxygens (including phenoxy) is 1. The van der Waals surface area contributed by atoms with E-state index in [2.05, 4.69) is 21.4 Å². The molecule has 7 heteroatoms. The first-order valence-electron chi connectivity index (χ1n) is 6.70. The lowest BCUT2D eigenvalue weighted by molar-refractivity contribution is -0.126. The molecule has 1 aromatic rings. The lowest BCUT2D eigenvalue weighted by atomic mass is 9.95. The molecule has 0 atom stereocenters. The summed E-state index contributed by atoms with van der Waals surface area (Å²) in [6.45, 7) is 1.11. The molecule has 0 aromatic heterocycles. The van der Waals surface area contributed by atoms with Crippen LogP contribution in [0.3, 0.4) is 0 Å². The third kappa shape index (κ3) is 3.54. The van der Waals surface area contributed by atoms with E-state index in [0.29, 0.717) is 37.2 Å². The number of amides is 2. The van der Waals surface area contributed by atoms with Gasteiger partial charge in [0, 0.05) is 24.6 Å². The number of carbonyl (C=O) groups excluding carboxylic acids is 2. The molecule has 21 heavy (non-hydrogen) atoms. The van der Waals surface area contributed by atoms with Gasteiger partial charge in [0.25, 0.3) is 5.91 Å². The van der Waals surface area contributed by atoms with Crippen LogP contribution in [-0.4, -0.2) is 36.9 Å². The third-order valence-corrected chi connectivity index (χ3v) is 4.31. The first-order chi connectivity index (χ1) is 10.1. The molecule has 0 radical (unpaired) electrons. The Labute approximate surface area is 131 Å². The molecule has 1 aliphatic heterocycles. The van der Waals surface area contributed by atoms with Gasteiger partial charge < -0.3 is 9.64 Å². The molecule has 2 rings (SSSR count). The molecule has 0 unspecified atom stereocenters. The van der Waals surface area contributed by atoms with Gasteiger partial charge in [-0.3, -0.25) is 15.0 Å². The second-order valence-corrected chi connectivity index (χ2v) is 5.78. The Bertz CT molecular complexity index is 542. The highest BCUT2D eigenvalue weighted by molar-refractivity contribution is 9.10. The summed E-state index contributed by atoms with van der Waals surface area (Å²) in [5.74, 6) is 5.52. The zero-order valence-electron chi connectivity index (χ0n) is 11.8. The fourth-order valence-corrected chi connectivity index (χ4v) is 2.99. The van der Waals surface area contributed by atoms with Crippen molar-refractivity contribution in [2.45, 2.75) is 12.8 Å². The van der Waals surface area contributed by atoms with Gasteiger partial charge >= 0.3 is 0 Å². The van der Waals surface area contributed by atoms with Crippen molar-refractivity contribution in [2.24, 2.45) is 11.8 Å². The van der Waals surface area contributed by atoms with Crippen molar-refractivity contribution in [2.75, 3.05) is 20.2 Å². The zero-order chi connectivity index (χ0) is 15.4. The normalized spacial score (nSPS) is 15.7. The van der Waals surface area contributed by atoms with Crippen molar-refractivity contribution >= 4 is 27.7 Å². The van der Waals surface area contributed by atoms with E-state index in [4.69, 9.17) is 10.6 Å². The number of nitrogens with two attached hydrogens (primary N) is 1. The maximum absolute atomic E-state index is 12.4. The Kier molecular flexibility index (Phi) is 5.19. The molecule has 1 aromatic carbocycles. The Morgan fingerprint density at radius 3 is 2.57 bits per heavy atom. The number of rotatable bonds is 3. The standard InChI is InChI=1S/C14H18BrN3O3/c1-21-12-3-2-10(8-11(12)15)14(20)18-6-4-9(5-7-18)13(19)17-16/h2-3,8-9H,4-7,16H2,1H3,(H,17,19). The predicted molar refractivity (Wildman–Crippen MR) is 81.7 cm³/mol. The largest absolute Gasteiger partial charge is 0.496 e. The smallest absolute Gasteiger partial charge is 0.253 e. The highest BCUT2D eigenvalue weighted by atomic mass is 79.9. The van der Waals surface area contributed by atoms with Gasteiger partial charge in [0.15, 0.2) is 0 Å². The van der Waals surface area contributed by atoms with Crippen molar-refractivity contribution in [1.82, 2.24) is 10.3 Å². The monoisotopic (exact) mass is 355 g/mol. The molecule has 0 saturated carbocycles. The van der Waals surface area contributed by atoms with Crippen LogP contribution in [0, 0.1) is 5.92 Å². The minimum Gasteiger partial charge on any atom is -0.496 e. The summed E-state index contributed by atoms with van der Waals surface area (Å²) in [5.41, 5.74) is 2.77. The summed E-state index contributed by atoms with van der Waals surface area (Å²) in [6.07, 6.45) is 1.26. The number of hydrogen-bond donors (Lipinski definition) is 2. The summed E-state index contributed by atoms with van der Waals surface area (Å²) in [6, 6.07) is 5.25. The van der Waals surface area contributed by atoms with E-state index >= 15 is 0 Å². The molecular weight excluding hydrogens is 338 g/mol. The van der Waals surface area contributed by atoms with Crippen LogP contribution >= 0.6 is 15.9 Å². The Morgan fingerprint density at radius 1 is 1.38 bits per heavy atom. The van der Waals surface area contributed by atoms with Crippen LogP contribution in [0.5, 0.6) is 5.75 Å². The summed E-state index contributed by atoms with van der Waals surface area (Å²) in [4.78, 5) is 25.7. The highest BCUT2D eigenvalue weighted by Gasteiger charge is 2.27. The van der Waals surface area contributed by atoms with Crippen LogP contribution < -0.4 is 16.0 Å². The molecular formula is C14H18BrN3O3. The number of hydrazine groups is 1. The molecule has 1 fully saturated rings. The molecule has 0 aliphatic carbocycles. The number of methoxy groups -OCH3 is 1. The summed E-state index contributed by atoms with van der Waals surface area (Å²) in [5, 5.41) is 0. The number of likely N-dealkylation sites (tertiary alicyclic amines) is 1. The van der Waals surface area contributed by atoms with E-state index in [1.165, 1.54) is 0 Å². The molecule has 3 N–H and O–H groups in total. The van der Waals surface area contributed by atoms with Crippen LogP contribution in [0.15, 0.2) is 22.7 Å². The number of carbonyl (C=O) groups is 2. The molecule has 2 amide bonds. The van der Waals surface area contributed by atoms with Crippen LogP contribution in [0.25, 0.3) is 0 Å². The Morgan fingerprint density at radius 2 is 2.05 bits per heavy atom. The van der Waals surface area contributed by atoms with Crippen LogP contribution in [0.2, 0.25) is 0 Å². The minimum absolute atomic E-state index is 0.0371. The quantitative estimate of drug-likeness (QED) is 0.486. The first-order valence-corrected chi connectivity index (χ1v) is 7.49. The van der Waals surface area contributed by atoms with Gasteiger partial charge in [-0.2, -0.15) is 0 Å². The van der Waals surface area contributed by atoms with E-state index in [0.717, 1.165) is 4.47 Å². The van der Waals surface area contributed by atoms with Crippen molar-refractivity contribution in [3.8, 4) is 5.75 Å². The molecule has 6 nitrogen and oxygen atoms in total. The van der Waals surface area contributed by atoms with Gasteiger partial charge in [0.05, 0.1) is 11.6 Å². The number of piperidine rings is 1. The van der Waals surface area contributed by atoms with Gasteiger partial charge in [-0.15, -0.1) is 0 Å². The van der Waals surface area contributed by atoms with Gasteiger partial charge in [-0.1, -0.05) is 0 Å². The molecule has 114 valence electrons. The Hall–Kier alpha value is -1.60. The minimum atomic E-state index is -0.158. The number of nitrogens with zero attached hydrogens (tertiary/aromatic N) is 1. The summed E-state index contributed by atoms with van der Waals surface area (Å²) < 4.78 is 5.89. The molecule has 0 bridgehead atoms. The van der Waals surface area contributed by atoms with E-state index in [-0.39, 0.29) is 17.7 Å².